The molecule has 0 aliphatic heterocycles. The Morgan fingerprint density at radius 2 is 1.95 bits per heavy atom. The summed E-state index contributed by atoms with van der Waals surface area (Å²) in [6.45, 7) is 10.7. The van der Waals surface area contributed by atoms with Gasteiger partial charge in [-0.2, -0.15) is 4.31 Å². The molecule has 0 radical (unpaired) electrons. The van der Waals surface area contributed by atoms with Crippen molar-refractivity contribution in [3.05, 3.63) is 12.7 Å². The maximum Gasteiger partial charge on any atom is 0.214 e. The predicted octanol–water partition coefficient (Wildman–Crippen LogP) is 2.13. The Bertz CT molecular complexity index is 381. The monoisotopic (exact) mass is 288 g/mol. The summed E-state index contributed by atoms with van der Waals surface area (Å²) in [6.07, 6.45) is 5.83. The van der Waals surface area contributed by atoms with Crippen LogP contribution in [0.15, 0.2) is 12.7 Å². The van der Waals surface area contributed by atoms with Gasteiger partial charge in [0.15, 0.2) is 0 Å². The highest BCUT2D eigenvalue weighted by atomic mass is 32.2. The molecular weight excluding hydrogens is 260 g/mol. The van der Waals surface area contributed by atoms with E-state index in [4.69, 9.17) is 0 Å². The maximum absolute atomic E-state index is 12.3. The van der Waals surface area contributed by atoms with Crippen LogP contribution in [0.3, 0.4) is 0 Å². The molecule has 1 N–H and O–H groups in total. The molecule has 1 fully saturated rings. The number of sulfonamides is 1. The van der Waals surface area contributed by atoms with Gasteiger partial charge in [0.1, 0.15) is 0 Å². The van der Waals surface area contributed by atoms with E-state index in [2.05, 4.69) is 11.9 Å². The highest BCUT2D eigenvalue weighted by Gasteiger charge is 2.31. The average molecular weight is 288 g/mol. The van der Waals surface area contributed by atoms with E-state index in [0.29, 0.717) is 19.0 Å². The van der Waals surface area contributed by atoms with Crippen LogP contribution in [0.1, 0.15) is 46.5 Å². The van der Waals surface area contributed by atoms with E-state index in [9.17, 15) is 8.42 Å². The second-order valence-electron chi connectivity index (χ2n) is 6.24. The van der Waals surface area contributed by atoms with E-state index in [0.717, 1.165) is 13.0 Å². The van der Waals surface area contributed by atoms with Gasteiger partial charge in [-0.3, -0.25) is 0 Å². The molecule has 5 heteroatoms. The SMILES string of the molecule is C=CCN(C(C)(C)C)S(=O)(=O)CCCCNC1CC1. The van der Waals surface area contributed by atoms with Crippen LogP contribution in [0.4, 0.5) is 0 Å². The van der Waals surface area contributed by atoms with Crippen LogP contribution in [0.2, 0.25) is 0 Å². The molecule has 0 unspecified atom stereocenters. The van der Waals surface area contributed by atoms with Crippen molar-refractivity contribution in [3.8, 4) is 0 Å². The van der Waals surface area contributed by atoms with E-state index in [-0.39, 0.29) is 11.3 Å². The third kappa shape index (κ3) is 6.06. The van der Waals surface area contributed by atoms with Crippen LogP contribution in [-0.2, 0) is 10.0 Å². The minimum absolute atomic E-state index is 0.227. The van der Waals surface area contributed by atoms with E-state index in [1.165, 1.54) is 12.8 Å². The first-order valence-corrected chi connectivity index (χ1v) is 8.73. The van der Waals surface area contributed by atoms with Gasteiger partial charge >= 0.3 is 0 Å². The molecule has 0 saturated heterocycles. The molecule has 0 atom stereocenters. The van der Waals surface area contributed by atoms with Crippen molar-refractivity contribution >= 4 is 10.0 Å². The highest BCUT2D eigenvalue weighted by Crippen LogP contribution is 2.20. The minimum atomic E-state index is -3.19. The lowest BCUT2D eigenvalue weighted by Gasteiger charge is -2.33. The molecule has 0 aromatic rings. The molecule has 1 aliphatic rings. The summed E-state index contributed by atoms with van der Waals surface area (Å²) in [5, 5.41) is 3.40. The largest absolute Gasteiger partial charge is 0.314 e. The summed E-state index contributed by atoms with van der Waals surface area (Å²) in [7, 11) is -3.19. The molecule has 1 aliphatic carbocycles. The van der Waals surface area contributed by atoms with Crippen molar-refractivity contribution in [1.29, 1.82) is 0 Å². The van der Waals surface area contributed by atoms with Gasteiger partial charge < -0.3 is 5.32 Å². The third-order valence-electron chi connectivity index (χ3n) is 3.22. The zero-order valence-corrected chi connectivity index (χ0v) is 13.3. The molecule has 0 bridgehead atoms. The summed E-state index contributed by atoms with van der Waals surface area (Å²) in [4.78, 5) is 0. The number of unbranched alkanes of at least 4 members (excludes halogenated alkanes) is 1. The van der Waals surface area contributed by atoms with Crippen LogP contribution in [0.25, 0.3) is 0 Å². The van der Waals surface area contributed by atoms with E-state index >= 15 is 0 Å². The highest BCUT2D eigenvalue weighted by molar-refractivity contribution is 7.89. The smallest absolute Gasteiger partial charge is 0.214 e. The number of nitrogens with zero attached hydrogens (tertiary/aromatic N) is 1. The molecule has 4 nitrogen and oxygen atoms in total. The number of nitrogens with one attached hydrogen (secondary N) is 1. The second-order valence-corrected chi connectivity index (χ2v) is 8.25. The number of hydrogen-bond acceptors (Lipinski definition) is 3. The van der Waals surface area contributed by atoms with Gasteiger partial charge in [0.2, 0.25) is 10.0 Å². The molecule has 0 spiro atoms. The topological polar surface area (TPSA) is 49.4 Å². The first kappa shape index (κ1) is 16.7. The van der Waals surface area contributed by atoms with Gasteiger partial charge in [0.25, 0.3) is 0 Å². The maximum atomic E-state index is 12.3. The summed E-state index contributed by atoms with van der Waals surface area (Å²) < 4.78 is 26.2. The van der Waals surface area contributed by atoms with E-state index in [1.807, 2.05) is 20.8 Å². The number of hydrogen-bond donors (Lipinski definition) is 1. The van der Waals surface area contributed by atoms with E-state index in [1.54, 1.807) is 10.4 Å². The fourth-order valence-electron chi connectivity index (χ4n) is 2.04. The Morgan fingerprint density at radius 1 is 1.32 bits per heavy atom. The van der Waals surface area contributed by atoms with Crippen molar-refractivity contribution in [2.24, 2.45) is 0 Å². The molecule has 0 heterocycles. The summed E-state index contributed by atoms with van der Waals surface area (Å²) in [5.41, 5.74) is -0.390. The van der Waals surface area contributed by atoms with Crippen molar-refractivity contribution in [2.75, 3.05) is 18.8 Å². The first-order valence-electron chi connectivity index (χ1n) is 7.12. The van der Waals surface area contributed by atoms with Crippen molar-refractivity contribution in [2.45, 2.75) is 58.0 Å². The van der Waals surface area contributed by atoms with Crippen LogP contribution < -0.4 is 5.32 Å². The summed E-state index contributed by atoms with van der Waals surface area (Å²) in [6, 6.07) is 0.698. The van der Waals surface area contributed by atoms with Crippen molar-refractivity contribution < 1.29 is 8.42 Å². The minimum Gasteiger partial charge on any atom is -0.314 e. The standard InChI is InChI=1S/C14H28N2O2S/c1-5-11-16(14(2,3)4)19(17,18)12-7-6-10-15-13-8-9-13/h5,13,15H,1,6-12H2,2-4H3. The zero-order chi connectivity index (χ0) is 14.5. The summed E-state index contributed by atoms with van der Waals surface area (Å²) >= 11 is 0. The molecule has 1 saturated carbocycles. The first-order chi connectivity index (χ1) is 8.77. The molecule has 0 amide bonds. The quantitative estimate of drug-likeness (QED) is 0.522. The van der Waals surface area contributed by atoms with Gasteiger partial charge in [0, 0.05) is 18.1 Å². The van der Waals surface area contributed by atoms with E-state index < -0.39 is 10.0 Å². The van der Waals surface area contributed by atoms with Gasteiger partial charge in [-0.1, -0.05) is 6.08 Å². The number of rotatable bonds is 9. The Kier molecular flexibility index (Phi) is 6.02. The van der Waals surface area contributed by atoms with Gasteiger partial charge in [-0.25, -0.2) is 8.42 Å². The fourth-order valence-corrected chi connectivity index (χ4v) is 3.99. The summed E-state index contributed by atoms with van der Waals surface area (Å²) in [5.74, 6) is 0.227. The van der Waals surface area contributed by atoms with Gasteiger partial charge in [-0.15, -0.1) is 6.58 Å². The Balaban J connectivity index is 2.39. The van der Waals surface area contributed by atoms with Crippen LogP contribution in [0, 0.1) is 0 Å². The average Bonchev–Trinajstić information content (AvgIpc) is 3.07. The van der Waals surface area contributed by atoms with Crippen molar-refractivity contribution in [1.82, 2.24) is 9.62 Å². The molecule has 0 aromatic heterocycles. The molecule has 112 valence electrons. The molecule has 1 rings (SSSR count). The molecular formula is C14H28N2O2S. The van der Waals surface area contributed by atoms with Crippen molar-refractivity contribution in [3.63, 3.8) is 0 Å². The van der Waals surface area contributed by atoms with Gasteiger partial charge in [-0.05, 0) is 53.0 Å². The Morgan fingerprint density at radius 3 is 2.42 bits per heavy atom. The Hall–Kier alpha value is -0.390. The predicted molar refractivity (Wildman–Crippen MR) is 80.7 cm³/mol. The lowest BCUT2D eigenvalue weighted by atomic mass is 10.1. The van der Waals surface area contributed by atoms with Crippen LogP contribution in [-0.4, -0.2) is 43.1 Å². The molecule has 0 aromatic carbocycles. The normalized spacial score (nSPS) is 16.8. The lowest BCUT2D eigenvalue weighted by molar-refractivity contribution is 0.269. The van der Waals surface area contributed by atoms with Crippen LogP contribution >= 0.6 is 0 Å². The van der Waals surface area contributed by atoms with Crippen LogP contribution in [0.5, 0.6) is 0 Å². The Labute approximate surface area is 118 Å². The third-order valence-corrected chi connectivity index (χ3v) is 5.39. The second kappa shape index (κ2) is 6.86. The lowest BCUT2D eigenvalue weighted by Crippen LogP contribution is -2.46. The zero-order valence-electron chi connectivity index (χ0n) is 12.5. The molecule has 19 heavy (non-hydrogen) atoms. The van der Waals surface area contributed by atoms with Gasteiger partial charge in [0.05, 0.1) is 5.75 Å². The fraction of sp³-hybridized carbons (Fsp3) is 0.857.